The first-order valence-electron chi connectivity index (χ1n) is 4.76. The van der Waals surface area contributed by atoms with Crippen LogP contribution in [0.3, 0.4) is 0 Å². The number of nitrogens with one attached hydrogen (secondary N) is 1. The Morgan fingerprint density at radius 1 is 1.50 bits per heavy atom. The lowest BCUT2D eigenvalue weighted by atomic mass is 10.0. The maximum atomic E-state index is 12.0. The van der Waals surface area contributed by atoms with Crippen molar-refractivity contribution in [3.8, 4) is 0 Å². The van der Waals surface area contributed by atoms with Gasteiger partial charge in [0.05, 0.1) is 18.7 Å². The Bertz CT molecular complexity index is 158. The average Bonchev–Trinajstić information content (AvgIpc) is 2.02. The predicted molar refractivity (Wildman–Crippen MR) is 52.7 cm³/mol. The molecular weight excluding hydrogens is 190 g/mol. The number of rotatable bonds is 7. The van der Waals surface area contributed by atoms with Gasteiger partial charge in [-0.15, -0.1) is 0 Å². The Hall–Kier alpha value is -0.260. The molecule has 0 aromatic carbocycles. The van der Waals surface area contributed by atoms with Gasteiger partial charge >= 0.3 is 0 Å². The van der Waals surface area contributed by atoms with Gasteiger partial charge in [-0.25, -0.2) is 8.78 Å². The van der Waals surface area contributed by atoms with Crippen molar-refractivity contribution >= 4 is 0 Å². The fourth-order valence-electron chi connectivity index (χ4n) is 1.48. The lowest BCUT2D eigenvalue weighted by molar-refractivity contribution is 0.0725. The monoisotopic (exact) mass is 210 g/mol. The summed E-state index contributed by atoms with van der Waals surface area (Å²) in [7, 11) is 1.62. The summed E-state index contributed by atoms with van der Waals surface area (Å²) in [6, 6.07) is 0. The number of hydrogen-bond acceptors (Lipinski definition) is 3. The minimum Gasteiger partial charge on any atom is -0.394 e. The predicted octanol–water partition coefficient (Wildman–Crippen LogP) is 0.544. The SMILES string of the molecule is CCNC(C)(CO)CN(C)CC(F)F. The zero-order valence-corrected chi connectivity index (χ0v) is 9.06. The number of alkyl halides is 2. The Kier molecular flexibility index (Phi) is 6.15. The number of nitrogens with zero attached hydrogens (tertiary/aromatic N) is 1. The number of hydrogen-bond donors (Lipinski definition) is 2. The van der Waals surface area contributed by atoms with Crippen LogP contribution in [0.1, 0.15) is 13.8 Å². The molecule has 1 unspecified atom stereocenters. The summed E-state index contributed by atoms with van der Waals surface area (Å²) in [5.41, 5.74) is -0.502. The van der Waals surface area contributed by atoms with E-state index in [2.05, 4.69) is 5.32 Å². The highest BCUT2D eigenvalue weighted by atomic mass is 19.3. The second-order valence-corrected chi connectivity index (χ2v) is 3.84. The highest BCUT2D eigenvalue weighted by Crippen LogP contribution is 2.06. The molecular formula is C9H20F2N2O. The summed E-state index contributed by atoms with van der Waals surface area (Å²) in [5.74, 6) is 0. The molecule has 0 aliphatic rings. The van der Waals surface area contributed by atoms with Crippen molar-refractivity contribution in [1.82, 2.24) is 10.2 Å². The van der Waals surface area contributed by atoms with Gasteiger partial charge in [0.2, 0.25) is 0 Å². The van der Waals surface area contributed by atoms with Crippen LogP contribution in [0.5, 0.6) is 0 Å². The van der Waals surface area contributed by atoms with E-state index in [1.54, 1.807) is 7.05 Å². The van der Waals surface area contributed by atoms with E-state index in [0.29, 0.717) is 13.1 Å². The van der Waals surface area contributed by atoms with Crippen molar-refractivity contribution in [2.24, 2.45) is 0 Å². The molecule has 14 heavy (non-hydrogen) atoms. The molecule has 0 rings (SSSR count). The lowest BCUT2D eigenvalue weighted by Gasteiger charge is -2.32. The molecule has 0 amide bonds. The van der Waals surface area contributed by atoms with Crippen LogP contribution in [0, 0.1) is 0 Å². The number of likely N-dealkylation sites (N-methyl/N-ethyl adjacent to an activating group) is 2. The molecule has 5 heteroatoms. The molecule has 0 saturated heterocycles. The quantitative estimate of drug-likeness (QED) is 0.644. The Morgan fingerprint density at radius 3 is 2.43 bits per heavy atom. The first-order chi connectivity index (χ1) is 6.43. The van der Waals surface area contributed by atoms with E-state index in [-0.39, 0.29) is 13.2 Å². The lowest BCUT2D eigenvalue weighted by Crippen LogP contribution is -2.53. The van der Waals surface area contributed by atoms with Crippen molar-refractivity contribution in [2.75, 3.05) is 33.3 Å². The highest BCUT2D eigenvalue weighted by molar-refractivity contribution is 4.84. The summed E-state index contributed by atoms with van der Waals surface area (Å²) < 4.78 is 24.1. The molecule has 0 spiro atoms. The molecule has 0 aromatic heterocycles. The minimum absolute atomic E-state index is 0.0611. The Morgan fingerprint density at radius 2 is 2.07 bits per heavy atom. The first-order valence-corrected chi connectivity index (χ1v) is 4.76. The normalized spacial score (nSPS) is 16.3. The van der Waals surface area contributed by atoms with Crippen LogP contribution in [-0.2, 0) is 0 Å². The van der Waals surface area contributed by atoms with Gasteiger partial charge in [0, 0.05) is 6.54 Å². The maximum absolute atomic E-state index is 12.0. The average molecular weight is 210 g/mol. The van der Waals surface area contributed by atoms with E-state index < -0.39 is 12.0 Å². The van der Waals surface area contributed by atoms with Gasteiger partial charge in [-0.2, -0.15) is 0 Å². The molecule has 0 saturated carbocycles. The Labute approximate surface area is 84.1 Å². The van der Waals surface area contributed by atoms with Crippen molar-refractivity contribution in [3.63, 3.8) is 0 Å². The van der Waals surface area contributed by atoms with E-state index in [1.807, 2.05) is 13.8 Å². The summed E-state index contributed by atoms with van der Waals surface area (Å²) in [5, 5.41) is 12.2. The summed E-state index contributed by atoms with van der Waals surface area (Å²) >= 11 is 0. The summed E-state index contributed by atoms with van der Waals surface area (Å²) in [6.07, 6.45) is -2.33. The van der Waals surface area contributed by atoms with E-state index in [0.717, 1.165) is 0 Å². The van der Waals surface area contributed by atoms with Crippen molar-refractivity contribution < 1.29 is 13.9 Å². The molecule has 0 aliphatic carbocycles. The zero-order chi connectivity index (χ0) is 11.2. The van der Waals surface area contributed by atoms with Crippen molar-refractivity contribution in [1.29, 1.82) is 0 Å². The van der Waals surface area contributed by atoms with Crippen LogP contribution >= 0.6 is 0 Å². The second-order valence-electron chi connectivity index (χ2n) is 3.84. The third-order valence-electron chi connectivity index (χ3n) is 2.02. The standard InChI is InChI=1S/C9H20F2N2O/c1-4-12-9(2,7-14)6-13(3)5-8(10)11/h8,12,14H,4-7H2,1-3H3. The summed E-state index contributed by atoms with van der Waals surface area (Å²) in [6.45, 7) is 4.52. The minimum atomic E-state index is -2.33. The van der Waals surface area contributed by atoms with Crippen molar-refractivity contribution in [3.05, 3.63) is 0 Å². The molecule has 1 atom stereocenters. The second kappa shape index (κ2) is 6.27. The van der Waals surface area contributed by atoms with Crippen LogP contribution in [0.25, 0.3) is 0 Å². The molecule has 0 radical (unpaired) electrons. The van der Waals surface area contributed by atoms with Gasteiger partial charge in [0.1, 0.15) is 0 Å². The van der Waals surface area contributed by atoms with Crippen LogP contribution in [0.15, 0.2) is 0 Å². The van der Waals surface area contributed by atoms with Crippen LogP contribution in [0.2, 0.25) is 0 Å². The van der Waals surface area contributed by atoms with E-state index in [4.69, 9.17) is 5.11 Å². The van der Waals surface area contributed by atoms with E-state index in [1.165, 1.54) is 4.90 Å². The largest absolute Gasteiger partial charge is 0.394 e. The molecule has 0 bridgehead atoms. The fourth-order valence-corrected chi connectivity index (χ4v) is 1.48. The van der Waals surface area contributed by atoms with Crippen LogP contribution in [0.4, 0.5) is 8.78 Å². The van der Waals surface area contributed by atoms with Gasteiger partial charge in [-0.05, 0) is 20.5 Å². The van der Waals surface area contributed by atoms with Gasteiger partial charge in [0.15, 0.2) is 0 Å². The maximum Gasteiger partial charge on any atom is 0.251 e. The fraction of sp³-hybridized carbons (Fsp3) is 1.00. The molecule has 3 nitrogen and oxygen atoms in total. The number of aliphatic hydroxyl groups is 1. The van der Waals surface area contributed by atoms with Crippen LogP contribution < -0.4 is 5.32 Å². The molecule has 0 fully saturated rings. The van der Waals surface area contributed by atoms with E-state index in [9.17, 15) is 8.78 Å². The van der Waals surface area contributed by atoms with Gasteiger partial charge in [-0.3, -0.25) is 4.90 Å². The molecule has 2 N–H and O–H groups in total. The van der Waals surface area contributed by atoms with E-state index >= 15 is 0 Å². The molecule has 0 aliphatic heterocycles. The zero-order valence-electron chi connectivity index (χ0n) is 9.06. The number of halogens is 2. The Balaban J connectivity index is 4.02. The van der Waals surface area contributed by atoms with Gasteiger partial charge < -0.3 is 10.4 Å². The third kappa shape index (κ3) is 5.47. The highest BCUT2D eigenvalue weighted by Gasteiger charge is 2.24. The van der Waals surface area contributed by atoms with Gasteiger partial charge in [0.25, 0.3) is 6.43 Å². The molecule has 0 aromatic rings. The topological polar surface area (TPSA) is 35.5 Å². The molecule has 0 heterocycles. The smallest absolute Gasteiger partial charge is 0.251 e. The van der Waals surface area contributed by atoms with Crippen LogP contribution in [-0.4, -0.2) is 55.3 Å². The summed E-state index contributed by atoms with van der Waals surface area (Å²) in [4.78, 5) is 1.52. The van der Waals surface area contributed by atoms with Gasteiger partial charge in [-0.1, -0.05) is 6.92 Å². The molecule has 86 valence electrons. The first kappa shape index (κ1) is 13.7. The number of aliphatic hydroxyl groups excluding tert-OH is 1. The third-order valence-corrected chi connectivity index (χ3v) is 2.02. The van der Waals surface area contributed by atoms with Crippen molar-refractivity contribution in [2.45, 2.75) is 25.8 Å².